The van der Waals surface area contributed by atoms with E-state index in [0.717, 1.165) is 48.9 Å². The second-order valence-electron chi connectivity index (χ2n) is 12.8. The van der Waals surface area contributed by atoms with Gasteiger partial charge in [-0.25, -0.2) is 4.98 Å². The van der Waals surface area contributed by atoms with Gasteiger partial charge in [-0.05, 0) is 87.4 Å². The van der Waals surface area contributed by atoms with Crippen LogP contribution in [0.15, 0.2) is 48.9 Å². The van der Waals surface area contributed by atoms with Crippen molar-refractivity contribution in [2.45, 2.75) is 55.9 Å². The first-order valence-electron chi connectivity index (χ1n) is 15.8. The molecule has 3 aromatic rings. The fraction of sp³-hybridized carbons (Fsp3) is 0.531. The van der Waals surface area contributed by atoms with E-state index >= 15 is 0 Å². The smallest absolute Gasteiger partial charge is 0.420 e. The van der Waals surface area contributed by atoms with E-state index in [9.17, 15) is 18.7 Å². The number of nitrogens with zero attached hydrogens (tertiary/aromatic N) is 5. The summed E-state index contributed by atoms with van der Waals surface area (Å²) in [6.07, 6.45) is 10.3. The number of likely N-dealkylation sites (tertiary alicyclic amines) is 1. The SMILES string of the molecule is O=C(Nc1ccc(OC(F)(F)Cl)cc1)c1cnc(N2CC[C@@H](O)C2)c(-c2cnn(C3CCN(C4C[C@H]5CNC[C@H]5C4)CC3)c2)c1. The summed E-state index contributed by atoms with van der Waals surface area (Å²) in [4.78, 5) is 22.6. The molecule has 0 spiro atoms. The molecule has 240 valence electrons. The first kappa shape index (κ1) is 30.3. The van der Waals surface area contributed by atoms with Crippen molar-refractivity contribution < 1.29 is 23.4 Å². The lowest BCUT2D eigenvalue weighted by atomic mass is 10.0. The number of alkyl halides is 3. The summed E-state index contributed by atoms with van der Waals surface area (Å²) in [5, 5.41) is 21.3. The van der Waals surface area contributed by atoms with Crippen molar-refractivity contribution in [1.29, 1.82) is 0 Å². The molecule has 1 unspecified atom stereocenters. The zero-order valence-electron chi connectivity index (χ0n) is 24.9. The predicted octanol–water partition coefficient (Wildman–Crippen LogP) is 4.57. The van der Waals surface area contributed by atoms with Crippen molar-refractivity contribution in [2.75, 3.05) is 49.5 Å². The van der Waals surface area contributed by atoms with E-state index in [1.54, 1.807) is 6.07 Å². The highest BCUT2D eigenvalue weighted by atomic mass is 35.5. The number of piperidine rings is 1. The second kappa shape index (κ2) is 12.5. The number of β-amino-alcohol motifs (C(OH)–C–C–N with tert-alkyl or cyclic N) is 1. The lowest BCUT2D eigenvalue weighted by molar-refractivity contribution is -0.0964. The van der Waals surface area contributed by atoms with E-state index in [0.29, 0.717) is 48.7 Å². The molecule has 0 radical (unpaired) electrons. The van der Waals surface area contributed by atoms with Crippen molar-refractivity contribution in [3.8, 4) is 16.9 Å². The number of carbonyl (C=O) groups is 1. The Kier molecular flexibility index (Phi) is 8.40. The third-order valence-electron chi connectivity index (χ3n) is 9.87. The third kappa shape index (κ3) is 6.79. The van der Waals surface area contributed by atoms with Crippen LogP contribution in [0.4, 0.5) is 20.3 Å². The Balaban J connectivity index is 1.06. The Bertz CT molecular complexity index is 1500. The number of anilines is 2. The van der Waals surface area contributed by atoms with Crippen LogP contribution in [-0.2, 0) is 0 Å². The number of carbonyl (C=O) groups excluding carboxylic acids is 1. The number of nitrogens with one attached hydrogen (secondary N) is 2. The van der Waals surface area contributed by atoms with Crippen LogP contribution in [-0.4, -0.2) is 87.7 Å². The van der Waals surface area contributed by atoms with Crippen LogP contribution in [0.1, 0.15) is 48.5 Å². The number of benzene rings is 1. The summed E-state index contributed by atoms with van der Waals surface area (Å²) in [7, 11) is 0. The molecule has 1 aromatic carbocycles. The van der Waals surface area contributed by atoms with Crippen LogP contribution in [0.3, 0.4) is 0 Å². The average molecular weight is 642 g/mol. The molecule has 2 aromatic heterocycles. The minimum absolute atomic E-state index is 0.129. The number of amides is 1. The number of fused-ring (bicyclic) bond motifs is 1. The highest BCUT2D eigenvalue weighted by Gasteiger charge is 2.40. The normalized spacial score (nSPS) is 25.9. The number of hydrogen-bond acceptors (Lipinski definition) is 8. The van der Waals surface area contributed by atoms with Gasteiger partial charge in [0.1, 0.15) is 11.6 Å². The highest BCUT2D eigenvalue weighted by Crippen LogP contribution is 2.39. The molecule has 13 heteroatoms. The van der Waals surface area contributed by atoms with Gasteiger partial charge in [0.2, 0.25) is 0 Å². The number of hydrogen-bond donors (Lipinski definition) is 3. The summed E-state index contributed by atoms with van der Waals surface area (Å²) in [5.74, 6) is 1.84. The molecule has 10 nitrogen and oxygen atoms in total. The van der Waals surface area contributed by atoms with E-state index in [1.807, 2.05) is 17.3 Å². The van der Waals surface area contributed by atoms with Crippen molar-refractivity contribution in [2.24, 2.45) is 11.8 Å². The minimum atomic E-state index is -3.82. The molecule has 4 fully saturated rings. The Labute approximate surface area is 265 Å². The number of aliphatic hydroxyl groups excluding tert-OH is 1. The van der Waals surface area contributed by atoms with Gasteiger partial charge in [-0.2, -0.15) is 5.10 Å². The Morgan fingerprint density at radius 2 is 1.78 bits per heavy atom. The fourth-order valence-corrected chi connectivity index (χ4v) is 7.64. The number of pyridine rings is 1. The van der Waals surface area contributed by atoms with Gasteiger partial charge in [-0.3, -0.25) is 9.48 Å². The predicted molar refractivity (Wildman–Crippen MR) is 167 cm³/mol. The Hall–Kier alpha value is -3.32. The molecule has 3 N–H and O–H groups in total. The van der Waals surface area contributed by atoms with Gasteiger partial charge < -0.3 is 30.3 Å². The maximum atomic E-state index is 13.2. The van der Waals surface area contributed by atoms with Gasteiger partial charge in [0.25, 0.3) is 5.91 Å². The van der Waals surface area contributed by atoms with Gasteiger partial charge in [-0.15, -0.1) is 8.78 Å². The van der Waals surface area contributed by atoms with Crippen molar-refractivity contribution in [1.82, 2.24) is 25.0 Å². The van der Waals surface area contributed by atoms with Gasteiger partial charge in [0, 0.05) is 73.0 Å². The van der Waals surface area contributed by atoms with Gasteiger partial charge >= 0.3 is 5.57 Å². The molecule has 4 atom stereocenters. The average Bonchev–Trinajstić information content (AvgIpc) is 3.82. The van der Waals surface area contributed by atoms with E-state index in [2.05, 4.69) is 29.9 Å². The Morgan fingerprint density at radius 3 is 2.44 bits per heavy atom. The highest BCUT2D eigenvalue weighted by molar-refractivity contribution is 6.20. The monoisotopic (exact) mass is 641 g/mol. The summed E-state index contributed by atoms with van der Waals surface area (Å²) >= 11 is 4.84. The maximum absolute atomic E-state index is 13.2. The lowest BCUT2D eigenvalue weighted by Gasteiger charge is -2.36. The van der Waals surface area contributed by atoms with Crippen LogP contribution < -0.4 is 20.3 Å². The number of ether oxygens (including phenoxy) is 1. The molecule has 5 heterocycles. The minimum Gasteiger partial charge on any atom is -0.420 e. The molecular weight excluding hydrogens is 604 g/mol. The fourth-order valence-electron chi connectivity index (χ4n) is 7.55. The van der Waals surface area contributed by atoms with Crippen molar-refractivity contribution in [3.63, 3.8) is 0 Å². The topological polar surface area (TPSA) is 108 Å². The van der Waals surface area contributed by atoms with Crippen LogP contribution in [0, 0.1) is 11.8 Å². The van der Waals surface area contributed by atoms with E-state index < -0.39 is 17.6 Å². The molecule has 45 heavy (non-hydrogen) atoms. The number of aliphatic hydroxyl groups is 1. The molecule has 0 bridgehead atoms. The van der Waals surface area contributed by atoms with Crippen LogP contribution in [0.2, 0.25) is 0 Å². The third-order valence-corrected chi connectivity index (χ3v) is 9.95. The first-order valence-corrected chi connectivity index (χ1v) is 16.2. The van der Waals surface area contributed by atoms with Gasteiger partial charge in [0.15, 0.2) is 0 Å². The summed E-state index contributed by atoms with van der Waals surface area (Å²) in [5.41, 5.74) is -1.47. The second-order valence-corrected chi connectivity index (χ2v) is 13.2. The number of rotatable bonds is 8. The quantitative estimate of drug-likeness (QED) is 0.307. The molecule has 1 aliphatic carbocycles. The largest absolute Gasteiger partial charge is 0.487 e. The molecule has 1 amide bonds. The number of aromatic nitrogens is 3. The maximum Gasteiger partial charge on any atom is 0.487 e. The van der Waals surface area contributed by atoms with E-state index in [4.69, 9.17) is 16.7 Å². The van der Waals surface area contributed by atoms with E-state index in [1.165, 1.54) is 56.4 Å². The standard InChI is InChI=1S/C32H38ClF2N7O3/c33-32(34,35)45-28-3-1-24(2-4-28)39-31(44)22-13-29(30(37-16-22)41-10-7-27(43)19-41)23-17-38-42(18-23)25-5-8-40(9-6-25)26-11-20-14-36-15-21(20)12-26/h1-4,13,16-18,20-21,25-27,36,43H,5-12,14-15,19H2,(H,39,44)/t20-,21+,26?,27-/m1/s1. The zero-order chi connectivity index (χ0) is 31.1. The van der Waals surface area contributed by atoms with Crippen molar-refractivity contribution >= 4 is 29.0 Å². The molecule has 7 rings (SSSR count). The van der Waals surface area contributed by atoms with Crippen LogP contribution >= 0.6 is 11.6 Å². The van der Waals surface area contributed by atoms with Gasteiger partial charge in [0.05, 0.1) is 23.9 Å². The van der Waals surface area contributed by atoms with Crippen molar-refractivity contribution in [3.05, 3.63) is 54.5 Å². The van der Waals surface area contributed by atoms with Gasteiger partial charge in [-0.1, -0.05) is 0 Å². The molecular formula is C32H38ClF2N7O3. The lowest BCUT2D eigenvalue weighted by Crippen LogP contribution is -2.41. The zero-order valence-corrected chi connectivity index (χ0v) is 25.7. The Morgan fingerprint density at radius 1 is 1.04 bits per heavy atom. The molecule has 3 saturated heterocycles. The van der Waals surface area contributed by atoms with Crippen LogP contribution in [0.25, 0.3) is 11.1 Å². The van der Waals surface area contributed by atoms with Crippen LogP contribution in [0.5, 0.6) is 5.75 Å². The van der Waals surface area contributed by atoms with E-state index in [-0.39, 0.29) is 5.75 Å². The summed E-state index contributed by atoms with van der Waals surface area (Å²) in [6.45, 7) is 5.62. The summed E-state index contributed by atoms with van der Waals surface area (Å²) in [6, 6.07) is 8.31. The molecule has 3 aliphatic heterocycles. The molecule has 4 aliphatic rings. The molecule has 1 saturated carbocycles. The number of halogens is 3. The summed E-state index contributed by atoms with van der Waals surface area (Å²) < 4.78 is 32.3. The first-order chi connectivity index (χ1) is 21.7.